The first kappa shape index (κ1) is 16.9. The highest BCUT2D eigenvalue weighted by atomic mass is 16.6. The largest absolute Gasteiger partial charge is 0.488 e. The minimum atomic E-state index is 0.587. The summed E-state index contributed by atoms with van der Waals surface area (Å²) in [5.74, 6) is 2.30. The van der Waals surface area contributed by atoms with Gasteiger partial charge in [0.1, 0.15) is 19.8 Å². The number of ether oxygens (including phenoxy) is 3. The summed E-state index contributed by atoms with van der Waals surface area (Å²) in [5.41, 5.74) is 0. The number of para-hydroxylation sites is 1. The Morgan fingerprint density at radius 2 is 1.82 bits per heavy atom. The van der Waals surface area contributed by atoms with E-state index in [1.54, 1.807) is 0 Å². The third kappa shape index (κ3) is 5.76. The quantitative estimate of drug-likeness (QED) is 0.631. The Morgan fingerprint density at radius 3 is 2.73 bits per heavy atom. The lowest BCUT2D eigenvalue weighted by Crippen LogP contribution is -2.22. The number of fused-ring (bicyclic) bond motifs is 1. The van der Waals surface area contributed by atoms with Crippen molar-refractivity contribution in [2.45, 2.75) is 45.4 Å². The Balaban J connectivity index is 1.54. The maximum atomic E-state index is 5.80. The minimum absolute atomic E-state index is 0.587. The molecule has 1 aliphatic heterocycles. The van der Waals surface area contributed by atoms with Gasteiger partial charge in [0.25, 0.3) is 0 Å². The van der Waals surface area contributed by atoms with Gasteiger partial charge in [-0.3, -0.25) is 0 Å². The van der Waals surface area contributed by atoms with Gasteiger partial charge in [-0.05, 0) is 25.1 Å². The Morgan fingerprint density at radius 1 is 1.00 bits per heavy atom. The van der Waals surface area contributed by atoms with E-state index in [0.29, 0.717) is 19.8 Å². The molecule has 1 aromatic carbocycles. The second-order valence-corrected chi connectivity index (χ2v) is 5.65. The van der Waals surface area contributed by atoms with Crippen molar-refractivity contribution in [1.82, 2.24) is 5.32 Å². The van der Waals surface area contributed by atoms with Crippen molar-refractivity contribution in [3.63, 3.8) is 0 Å². The zero-order chi connectivity index (χ0) is 15.5. The highest BCUT2D eigenvalue weighted by Gasteiger charge is 2.16. The van der Waals surface area contributed by atoms with Crippen molar-refractivity contribution >= 4 is 0 Å². The maximum Gasteiger partial charge on any atom is 0.203 e. The molecule has 0 unspecified atom stereocenters. The predicted molar refractivity (Wildman–Crippen MR) is 89.2 cm³/mol. The molecule has 0 saturated heterocycles. The van der Waals surface area contributed by atoms with Gasteiger partial charge in [0.05, 0.1) is 0 Å². The number of nitrogens with one attached hydrogen (secondary N) is 1. The fourth-order valence-electron chi connectivity index (χ4n) is 2.55. The molecule has 0 fully saturated rings. The normalized spacial score (nSPS) is 13.1. The molecule has 4 nitrogen and oxygen atoms in total. The molecule has 1 aromatic rings. The summed E-state index contributed by atoms with van der Waals surface area (Å²) in [4.78, 5) is 0. The Bertz CT molecular complexity index is 423. The summed E-state index contributed by atoms with van der Waals surface area (Å²) < 4.78 is 17.0. The fourth-order valence-corrected chi connectivity index (χ4v) is 2.55. The molecule has 1 heterocycles. The van der Waals surface area contributed by atoms with E-state index in [-0.39, 0.29) is 0 Å². The molecule has 22 heavy (non-hydrogen) atoms. The second kappa shape index (κ2) is 10.3. The van der Waals surface area contributed by atoms with Crippen LogP contribution in [0.5, 0.6) is 17.2 Å². The van der Waals surface area contributed by atoms with E-state index in [0.717, 1.165) is 30.3 Å². The van der Waals surface area contributed by atoms with Crippen molar-refractivity contribution < 1.29 is 14.2 Å². The molecule has 0 radical (unpaired) electrons. The molecule has 2 rings (SSSR count). The molecule has 1 N–H and O–H groups in total. The van der Waals surface area contributed by atoms with Crippen LogP contribution in [0, 0.1) is 0 Å². The smallest absolute Gasteiger partial charge is 0.203 e. The molecule has 0 atom stereocenters. The highest BCUT2D eigenvalue weighted by Crippen LogP contribution is 2.38. The Kier molecular flexibility index (Phi) is 7.96. The van der Waals surface area contributed by atoms with Crippen LogP contribution in [0.1, 0.15) is 45.4 Å². The van der Waals surface area contributed by atoms with Gasteiger partial charge in [-0.1, -0.05) is 45.1 Å². The van der Waals surface area contributed by atoms with Gasteiger partial charge >= 0.3 is 0 Å². The summed E-state index contributed by atoms with van der Waals surface area (Å²) in [6.07, 6.45) is 7.99. The van der Waals surface area contributed by atoms with Crippen LogP contribution in [0.3, 0.4) is 0 Å². The summed E-state index contributed by atoms with van der Waals surface area (Å²) in [5, 5.41) is 3.43. The van der Waals surface area contributed by atoms with E-state index in [4.69, 9.17) is 14.2 Å². The molecular formula is C18H29NO3. The molecule has 4 heteroatoms. The van der Waals surface area contributed by atoms with E-state index < -0.39 is 0 Å². The lowest BCUT2D eigenvalue weighted by Gasteiger charge is -2.20. The Hall–Kier alpha value is -1.42. The first-order valence-electron chi connectivity index (χ1n) is 8.64. The van der Waals surface area contributed by atoms with Crippen molar-refractivity contribution in [1.29, 1.82) is 0 Å². The average molecular weight is 307 g/mol. The molecular weight excluding hydrogens is 278 g/mol. The number of benzene rings is 1. The van der Waals surface area contributed by atoms with Crippen molar-refractivity contribution in [2.75, 3.05) is 32.9 Å². The summed E-state index contributed by atoms with van der Waals surface area (Å²) >= 11 is 0. The van der Waals surface area contributed by atoms with Gasteiger partial charge in [0.2, 0.25) is 5.75 Å². The minimum Gasteiger partial charge on any atom is -0.488 e. The molecule has 1 aliphatic rings. The van der Waals surface area contributed by atoms with E-state index in [9.17, 15) is 0 Å². The third-order valence-corrected chi connectivity index (χ3v) is 3.77. The van der Waals surface area contributed by atoms with Crippen LogP contribution in [0.4, 0.5) is 0 Å². The van der Waals surface area contributed by atoms with Crippen molar-refractivity contribution in [2.24, 2.45) is 0 Å². The van der Waals surface area contributed by atoms with Gasteiger partial charge in [-0.25, -0.2) is 0 Å². The van der Waals surface area contributed by atoms with Gasteiger partial charge in [0, 0.05) is 6.54 Å². The molecule has 0 saturated carbocycles. The average Bonchev–Trinajstić information content (AvgIpc) is 2.56. The van der Waals surface area contributed by atoms with E-state index >= 15 is 0 Å². The van der Waals surface area contributed by atoms with Crippen LogP contribution in [-0.2, 0) is 0 Å². The number of unbranched alkanes of at least 4 members (excludes halogenated alkanes) is 5. The Labute approximate surface area is 134 Å². The van der Waals surface area contributed by atoms with Crippen LogP contribution in [-0.4, -0.2) is 32.9 Å². The first-order valence-corrected chi connectivity index (χ1v) is 8.64. The van der Waals surface area contributed by atoms with Gasteiger partial charge in [-0.15, -0.1) is 0 Å². The van der Waals surface area contributed by atoms with Crippen molar-refractivity contribution in [3.8, 4) is 17.2 Å². The lowest BCUT2D eigenvalue weighted by molar-refractivity contribution is 0.162. The molecule has 0 spiro atoms. The van der Waals surface area contributed by atoms with E-state index in [1.807, 2.05) is 18.2 Å². The van der Waals surface area contributed by atoms with Crippen LogP contribution in [0.2, 0.25) is 0 Å². The second-order valence-electron chi connectivity index (χ2n) is 5.65. The van der Waals surface area contributed by atoms with Crippen LogP contribution >= 0.6 is 0 Å². The van der Waals surface area contributed by atoms with Gasteiger partial charge in [0.15, 0.2) is 11.5 Å². The summed E-state index contributed by atoms with van der Waals surface area (Å²) in [6.45, 7) is 6.03. The third-order valence-electron chi connectivity index (χ3n) is 3.77. The summed E-state index contributed by atoms with van der Waals surface area (Å²) in [7, 11) is 0. The maximum absolute atomic E-state index is 5.80. The molecule has 0 aliphatic carbocycles. The van der Waals surface area contributed by atoms with Gasteiger partial charge in [-0.2, -0.15) is 0 Å². The molecule has 0 bridgehead atoms. The van der Waals surface area contributed by atoms with Crippen LogP contribution in [0.15, 0.2) is 18.2 Å². The van der Waals surface area contributed by atoms with Gasteiger partial charge < -0.3 is 19.5 Å². The van der Waals surface area contributed by atoms with E-state index in [2.05, 4.69) is 12.2 Å². The molecule has 124 valence electrons. The van der Waals surface area contributed by atoms with Crippen LogP contribution in [0.25, 0.3) is 0 Å². The van der Waals surface area contributed by atoms with Crippen LogP contribution < -0.4 is 19.5 Å². The standard InChI is InChI=1S/C18H29NO3/c1-2-3-4-5-6-7-11-19-12-13-20-16-9-8-10-17-18(16)22-15-14-21-17/h8-10,19H,2-7,11-15H2,1H3. The highest BCUT2D eigenvalue weighted by molar-refractivity contribution is 5.51. The zero-order valence-electron chi connectivity index (χ0n) is 13.7. The number of hydrogen-bond acceptors (Lipinski definition) is 4. The SMILES string of the molecule is CCCCCCCCNCCOc1cccc2c1OCCO2. The zero-order valence-corrected chi connectivity index (χ0v) is 13.7. The van der Waals surface area contributed by atoms with E-state index in [1.165, 1.54) is 38.5 Å². The topological polar surface area (TPSA) is 39.7 Å². The first-order chi connectivity index (χ1) is 10.9. The predicted octanol–water partition coefficient (Wildman–Crippen LogP) is 3.79. The number of hydrogen-bond donors (Lipinski definition) is 1. The van der Waals surface area contributed by atoms with Crippen molar-refractivity contribution in [3.05, 3.63) is 18.2 Å². The molecule has 0 aromatic heterocycles. The number of rotatable bonds is 11. The lowest BCUT2D eigenvalue weighted by atomic mass is 10.1. The monoisotopic (exact) mass is 307 g/mol. The summed E-state index contributed by atoms with van der Waals surface area (Å²) in [6, 6.07) is 5.78. The fraction of sp³-hybridized carbons (Fsp3) is 0.667. The molecule has 0 amide bonds.